The molecule has 1 aromatic heterocycles. The summed E-state index contributed by atoms with van der Waals surface area (Å²) in [7, 11) is -3.45. The van der Waals surface area contributed by atoms with E-state index in [9.17, 15) is 8.42 Å². The van der Waals surface area contributed by atoms with E-state index < -0.39 is 10.0 Å². The lowest BCUT2D eigenvalue weighted by molar-refractivity contribution is 0.269. The minimum absolute atomic E-state index is 0.0604. The molecule has 0 aromatic carbocycles. The molecule has 2 rings (SSSR count). The molecule has 2 unspecified atom stereocenters. The summed E-state index contributed by atoms with van der Waals surface area (Å²) in [6, 6.07) is 0.0752. The van der Waals surface area contributed by atoms with Gasteiger partial charge in [0.1, 0.15) is 4.90 Å². The van der Waals surface area contributed by atoms with Crippen LogP contribution in [0.3, 0.4) is 0 Å². The van der Waals surface area contributed by atoms with E-state index in [2.05, 4.69) is 16.7 Å². The van der Waals surface area contributed by atoms with Gasteiger partial charge in [-0.1, -0.05) is 13.3 Å². The van der Waals surface area contributed by atoms with E-state index in [0.717, 1.165) is 12.8 Å². The van der Waals surface area contributed by atoms with Gasteiger partial charge in [0.15, 0.2) is 0 Å². The molecule has 1 saturated carbocycles. The van der Waals surface area contributed by atoms with Crippen molar-refractivity contribution in [3.8, 4) is 0 Å². The maximum atomic E-state index is 11.9. The Morgan fingerprint density at radius 1 is 1.65 bits per heavy atom. The predicted molar refractivity (Wildman–Crippen MR) is 61.8 cm³/mol. The van der Waals surface area contributed by atoms with Gasteiger partial charge in [0.05, 0.1) is 19.3 Å². The molecule has 1 aliphatic rings. The molecule has 1 heterocycles. The van der Waals surface area contributed by atoms with Crippen LogP contribution >= 0.6 is 0 Å². The number of rotatable bonds is 6. The summed E-state index contributed by atoms with van der Waals surface area (Å²) in [6.45, 7) is 2.30. The third-order valence-corrected chi connectivity index (χ3v) is 4.45. The lowest BCUT2D eigenvalue weighted by atomic mass is 10.3. The molecule has 1 fully saturated rings. The maximum Gasteiger partial charge on any atom is 0.243 e. The van der Waals surface area contributed by atoms with Crippen LogP contribution in [0.1, 0.15) is 19.8 Å². The van der Waals surface area contributed by atoms with Crippen LogP contribution < -0.4 is 4.72 Å². The maximum absolute atomic E-state index is 11.9. The van der Waals surface area contributed by atoms with Crippen molar-refractivity contribution in [1.29, 1.82) is 0 Å². The zero-order valence-electron chi connectivity index (χ0n) is 9.70. The first-order valence-corrected chi connectivity index (χ1v) is 7.20. The van der Waals surface area contributed by atoms with Crippen molar-refractivity contribution in [2.24, 2.45) is 5.92 Å². The van der Waals surface area contributed by atoms with E-state index in [1.807, 2.05) is 0 Å². The van der Waals surface area contributed by atoms with Crippen molar-refractivity contribution in [3.63, 3.8) is 0 Å². The normalized spacial score (nSPS) is 23.9. The first kappa shape index (κ1) is 12.5. The molecule has 96 valence electrons. The van der Waals surface area contributed by atoms with Gasteiger partial charge in [-0.05, 0) is 12.3 Å². The third kappa shape index (κ3) is 2.85. The number of hydrogen-bond acceptors (Lipinski definition) is 4. The molecule has 1 aromatic rings. The summed E-state index contributed by atoms with van der Waals surface area (Å²) in [5.41, 5.74) is 0. The first-order chi connectivity index (χ1) is 8.06. The van der Waals surface area contributed by atoms with Crippen LogP contribution in [0.15, 0.2) is 17.3 Å². The highest BCUT2D eigenvalue weighted by molar-refractivity contribution is 7.89. The van der Waals surface area contributed by atoms with E-state index in [4.69, 9.17) is 5.11 Å². The van der Waals surface area contributed by atoms with Crippen LogP contribution in [0.4, 0.5) is 0 Å². The second-order valence-corrected chi connectivity index (χ2v) is 6.01. The molecule has 0 saturated heterocycles. The average molecular weight is 259 g/mol. The summed E-state index contributed by atoms with van der Waals surface area (Å²) < 4.78 is 27.9. The van der Waals surface area contributed by atoms with E-state index >= 15 is 0 Å². The Hall–Kier alpha value is -0.920. The molecular formula is C10H17N3O3S. The third-order valence-electron chi connectivity index (χ3n) is 3.00. The van der Waals surface area contributed by atoms with Crippen molar-refractivity contribution in [3.05, 3.63) is 12.4 Å². The van der Waals surface area contributed by atoms with Gasteiger partial charge in [0, 0.05) is 12.2 Å². The summed E-state index contributed by atoms with van der Waals surface area (Å²) in [6.07, 6.45) is 4.65. The van der Waals surface area contributed by atoms with Gasteiger partial charge in [0.2, 0.25) is 10.0 Å². The Morgan fingerprint density at radius 3 is 3.00 bits per heavy atom. The van der Waals surface area contributed by atoms with E-state index in [1.165, 1.54) is 17.1 Å². The number of aliphatic hydroxyl groups excluding tert-OH is 1. The van der Waals surface area contributed by atoms with Crippen molar-refractivity contribution >= 4 is 10.0 Å². The minimum atomic E-state index is -3.45. The molecule has 0 amide bonds. The van der Waals surface area contributed by atoms with E-state index in [0.29, 0.717) is 12.5 Å². The Morgan fingerprint density at radius 2 is 2.41 bits per heavy atom. The SMILES string of the molecule is CCC1CC1NS(=O)(=O)c1cnn(CCO)c1. The van der Waals surface area contributed by atoms with Crippen LogP contribution in [-0.4, -0.2) is 36.0 Å². The highest BCUT2D eigenvalue weighted by Crippen LogP contribution is 2.34. The fourth-order valence-electron chi connectivity index (χ4n) is 1.82. The van der Waals surface area contributed by atoms with Gasteiger partial charge >= 0.3 is 0 Å². The highest BCUT2D eigenvalue weighted by Gasteiger charge is 2.38. The fraction of sp³-hybridized carbons (Fsp3) is 0.700. The Labute approximate surface area is 101 Å². The molecular weight excluding hydrogens is 242 g/mol. The smallest absolute Gasteiger partial charge is 0.243 e. The quantitative estimate of drug-likeness (QED) is 0.750. The molecule has 0 aliphatic heterocycles. The standard InChI is InChI=1S/C10H17N3O3S/c1-2-8-5-10(8)12-17(15,16)9-6-11-13(7-9)3-4-14/h6-8,10,12,14H,2-5H2,1H3. The van der Waals surface area contributed by atoms with E-state index in [-0.39, 0.29) is 17.5 Å². The molecule has 0 spiro atoms. The van der Waals surface area contributed by atoms with Gasteiger partial charge in [-0.3, -0.25) is 4.68 Å². The molecule has 2 N–H and O–H groups in total. The minimum Gasteiger partial charge on any atom is -0.394 e. The number of nitrogens with one attached hydrogen (secondary N) is 1. The Kier molecular flexibility index (Phi) is 3.50. The van der Waals surface area contributed by atoms with Gasteiger partial charge in [-0.15, -0.1) is 0 Å². The molecule has 0 radical (unpaired) electrons. The topological polar surface area (TPSA) is 84.2 Å². The predicted octanol–water partition coefficient (Wildman–Crippen LogP) is -0.0478. The number of hydrogen-bond donors (Lipinski definition) is 2. The molecule has 0 bridgehead atoms. The average Bonchev–Trinajstić information content (AvgIpc) is 2.82. The number of sulfonamides is 1. The summed E-state index contributed by atoms with van der Waals surface area (Å²) in [5, 5.41) is 12.6. The van der Waals surface area contributed by atoms with Gasteiger partial charge in [-0.25, -0.2) is 13.1 Å². The molecule has 6 nitrogen and oxygen atoms in total. The highest BCUT2D eigenvalue weighted by atomic mass is 32.2. The summed E-state index contributed by atoms with van der Waals surface area (Å²) in [4.78, 5) is 0.160. The van der Waals surface area contributed by atoms with Gasteiger partial charge < -0.3 is 5.11 Å². The summed E-state index contributed by atoms with van der Waals surface area (Å²) in [5.74, 6) is 0.470. The largest absolute Gasteiger partial charge is 0.394 e. The molecule has 1 aliphatic carbocycles. The van der Waals surface area contributed by atoms with Crippen LogP contribution in [0, 0.1) is 5.92 Å². The number of aliphatic hydroxyl groups is 1. The van der Waals surface area contributed by atoms with Crippen LogP contribution in [0.2, 0.25) is 0 Å². The number of aromatic nitrogens is 2. The lowest BCUT2D eigenvalue weighted by Gasteiger charge is -2.02. The molecule has 7 heteroatoms. The lowest BCUT2D eigenvalue weighted by Crippen LogP contribution is -2.26. The number of nitrogens with zero attached hydrogens (tertiary/aromatic N) is 2. The van der Waals surface area contributed by atoms with Crippen LogP contribution in [-0.2, 0) is 16.6 Å². The Bertz CT molecular complexity index is 483. The van der Waals surface area contributed by atoms with Crippen molar-refractivity contribution in [1.82, 2.24) is 14.5 Å². The molecule has 2 atom stereocenters. The first-order valence-electron chi connectivity index (χ1n) is 5.72. The van der Waals surface area contributed by atoms with Crippen molar-refractivity contribution in [2.75, 3.05) is 6.61 Å². The van der Waals surface area contributed by atoms with Gasteiger partial charge in [0.25, 0.3) is 0 Å². The van der Waals surface area contributed by atoms with Crippen molar-refractivity contribution < 1.29 is 13.5 Å². The second kappa shape index (κ2) is 4.75. The zero-order chi connectivity index (χ0) is 12.5. The summed E-state index contributed by atoms with van der Waals surface area (Å²) >= 11 is 0. The van der Waals surface area contributed by atoms with Crippen LogP contribution in [0.5, 0.6) is 0 Å². The monoisotopic (exact) mass is 259 g/mol. The Balaban J connectivity index is 2.04. The van der Waals surface area contributed by atoms with Gasteiger partial charge in [-0.2, -0.15) is 5.10 Å². The fourth-order valence-corrected chi connectivity index (χ4v) is 3.09. The second-order valence-electron chi connectivity index (χ2n) is 4.29. The van der Waals surface area contributed by atoms with Crippen molar-refractivity contribution in [2.45, 2.75) is 37.2 Å². The van der Waals surface area contributed by atoms with Crippen LogP contribution in [0.25, 0.3) is 0 Å². The molecule has 17 heavy (non-hydrogen) atoms. The van der Waals surface area contributed by atoms with E-state index in [1.54, 1.807) is 0 Å². The zero-order valence-corrected chi connectivity index (χ0v) is 10.5.